The van der Waals surface area contributed by atoms with Gasteiger partial charge in [-0.15, -0.1) is 0 Å². The highest BCUT2D eigenvalue weighted by molar-refractivity contribution is 7.93. The maximum absolute atomic E-state index is 12.2. The van der Waals surface area contributed by atoms with Crippen LogP contribution in [0, 0.1) is 13.8 Å². The Hall–Kier alpha value is -1.08. The first-order valence-electron chi connectivity index (χ1n) is 5.74. The Labute approximate surface area is 101 Å². The lowest BCUT2D eigenvalue weighted by molar-refractivity contribution is 0.499. The van der Waals surface area contributed by atoms with E-state index in [9.17, 15) is 8.42 Å². The molecule has 0 aromatic carbocycles. The molecule has 3 N–H and O–H groups in total. The lowest BCUT2D eigenvalue weighted by Crippen LogP contribution is -2.41. The first-order valence-corrected chi connectivity index (χ1v) is 7.29. The second kappa shape index (κ2) is 4.66. The zero-order valence-electron chi connectivity index (χ0n) is 10.1. The van der Waals surface area contributed by atoms with Crippen molar-refractivity contribution < 1.29 is 8.42 Å². The minimum atomic E-state index is -3.32. The molecule has 1 unspecified atom stereocenters. The molecule has 1 fully saturated rings. The number of aromatic nitrogens is 2. The molecule has 17 heavy (non-hydrogen) atoms. The number of H-pyrrole nitrogens is 1. The van der Waals surface area contributed by atoms with Crippen molar-refractivity contribution in [2.45, 2.75) is 31.9 Å². The largest absolute Gasteiger partial charge is 0.315 e. The van der Waals surface area contributed by atoms with Crippen molar-refractivity contribution in [1.29, 1.82) is 0 Å². The smallest absolute Gasteiger partial charge is 0.236 e. The fourth-order valence-corrected chi connectivity index (χ4v) is 3.58. The Balaban J connectivity index is 2.17. The normalized spacial score (nSPS) is 21.4. The molecule has 1 atom stereocenters. The Bertz CT molecular complexity index is 469. The molecular formula is C10H18N4O2S. The molecular weight excluding hydrogens is 240 g/mol. The lowest BCUT2D eigenvalue weighted by Gasteiger charge is -2.23. The highest BCUT2D eigenvalue weighted by Crippen LogP contribution is 2.21. The molecule has 1 saturated heterocycles. The molecule has 1 aliphatic heterocycles. The Morgan fingerprint density at radius 2 is 2.18 bits per heavy atom. The summed E-state index contributed by atoms with van der Waals surface area (Å²) in [4.78, 5) is 0. The molecule has 0 spiro atoms. The highest BCUT2D eigenvalue weighted by Gasteiger charge is 2.28. The molecule has 96 valence electrons. The summed E-state index contributed by atoms with van der Waals surface area (Å²) in [6.45, 7) is 5.00. The summed E-state index contributed by atoms with van der Waals surface area (Å²) < 4.78 is 27.0. The van der Waals surface area contributed by atoms with Gasteiger partial charge in [-0.1, -0.05) is 0 Å². The number of hydrogen-bond acceptors (Lipinski definition) is 4. The summed E-state index contributed by atoms with van der Waals surface area (Å²) >= 11 is 0. The molecule has 1 aliphatic rings. The van der Waals surface area contributed by atoms with Gasteiger partial charge in [0.25, 0.3) is 0 Å². The van der Waals surface area contributed by atoms with Crippen LogP contribution >= 0.6 is 0 Å². The second-order valence-electron chi connectivity index (χ2n) is 4.42. The van der Waals surface area contributed by atoms with E-state index in [1.807, 2.05) is 0 Å². The monoisotopic (exact) mass is 258 g/mol. The third-order valence-corrected chi connectivity index (χ3v) is 4.83. The van der Waals surface area contributed by atoms with Crippen molar-refractivity contribution in [1.82, 2.24) is 15.5 Å². The van der Waals surface area contributed by atoms with Crippen LogP contribution in [0.5, 0.6) is 0 Å². The van der Waals surface area contributed by atoms with Crippen molar-refractivity contribution in [2.24, 2.45) is 0 Å². The summed E-state index contributed by atoms with van der Waals surface area (Å²) in [6.07, 6.45) is 1.60. The number of aromatic amines is 1. The van der Waals surface area contributed by atoms with Crippen molar-refractivity contribution in [3.8, 4) is 0 Å². The molecule has 6 nitrogen and oxygen atoms in total. The highest BCUT2D eigenvalue weighted by atomic mass is 32.2. The van der Waals surface area contributed by atoms with Crippen molar-refractivity contribution in [3.63, 3.8) is 0 Å². The number of anilines is 1. The van der Waals surface area contributed by atoms with E-state index in [0.717, 1.165) is 18.7 Å². The van der Waals surface area contributed by atoms with Gasteiger partial charge >= 0.3 is 0 Å². The van der Waals surface area contributed by atoms with Gasteiger partial charge < -0.3 is 5.32 Å². The third-order valence-electron chi connectivity index (χ3n) is 3.06. The van der Waals surface area contributed by atoms with E-state index in [0.29, 0.717) is 24.3 Å². The number of sulfonamides is 1. The summed E-state index contributed by atoms with van der Waals surface area (Å²) in [6, 6.07) is 0. The first kappa shape index (κ1) is 12.4. The second-order valence-corrected chi connectivity index (χ2v) is 6.39. The maximum atomic E-state index is 12.2. The minimum absolute atomic E-state index is 0.357. The van der Waals surface area contributed by atoms with Crippen molar-refractivity contribution in [3.05, 3.63) is 11.4 Å². The number of nitrogens with zero attached hydrogens (tertiary/aromatic N) is 1. The average Bonchev–Trinajstić information content (AvgIpc) is 2.62. The van der Waals surface area contributed by atoms with Gasteiger partial charge in [0, 0.05) is 6.54 Å². The molecule has 1 aromatic heterocycles. The summed E-state index contributed by atoms with van der Waals surface area (Å²) in [5.74, 6) is 0. The van der Waals surface area contributed by atoms with Gasteiger partial charge in [-0.2, -0.15) is 5.10 Å². The van der Waals surface area contributed by atoms with E-state index in [4.69, 9.17) is 0 Å². The van der Waals surface area contributed by atoms with E-state index in [1.54, 1.807) is 13.8 Å². The molecule has 0 amide bonds. The predicted octanol–water partition coefficient (Wildman–Crippen LogP) is 0.520. The van der Waals surface area contributed by atoms with E-state index in [-0.39, 0.29) is 5.25 Å². The molecule has 0 radical (unpaired) electrons. The molecule has 1 aromatic rings. The van der Waals surface area contributed by atoms with E-state index in [1.165, 1.54) is 0 Å². The fourth-order valence-electron chi connectivity index (χ4n) is 2.01. The molecule has 2 heterocycles. The minimum Gasteiger partial charge on any atom is -0.315 e. The van der Waals surface area contributed by atoms with Crippen LogP contribution in [0.2, 0.25) is 0 Å². The zero-order chi connectivity index (χ0) is 12.5. The quantitative estimate of drug-likeness (QED) is 0.737. The van der Waals surface area contributed by atoms with Crippen LogP contribution in [-0.2, 0) is 10.0 Å². The number of nitrogens with one attached hydrogen (secondary N) is 3. The standard InChI is InChI=1S/C10H18N4O2S/c1-7-10(8(2)13-12-7)14-17(15,16)9-4-3-5-11-6-9/h9,11,14H,3-6H2,1-2H3,(H,12,13). The van der Waals surface area contributed by atoms with Crippen LogP contribution in [0.3, 0.4) is 0 Å². The van der Waals surface area contributed by atoms with Gasteiger partial charge in [0.1, 0.15) is 0 Å². The number of piperidine rings is 1. The molecule has 0 aliphatic carbocycles. The van der Waals surface area contributed by atoms with Crippen LogP contribution in [0.25, 0.3) is 0 Å². The topological polar surface area (TPSA) is 86.9 Å². The summed E-state index contributed by atoms with van der Waals surface area (Å²) in [5, 5.41) is 9.50. The number of hydrogen-bond donors (Lipinski definition) is 3. The number of aryl methyl sites for hydroxylation is 2. The average molecular weight is 258 g/mol. The van der Waals surface area contributed by atoms with Crippen LogP contribution in [0.4, 0.5) is 5.69 Å². The molecule has 7 heteroatoms. The van der Waals surface area contributed by atoms with Gasteiger partial charge in [-0.05, 0) is 33.2 Å². The molecule has 0 bridgehead atoms. The van der Waals surface area contributed by atoms with Crippen LogP contribution in [-0.4, -0.2) is 37.0 Å². The van der Waals surface area contributed by atoms with Gasteiger partial charge in [-0.3, -0.25) is 9.82 Å². The lowest BCUT2D eigenvalue weighted by atomic mass is 10.2. The summed E-state index contributed by atoms with van der Waals surface area (Å²) in [5.41, 5.74) is 2.00. The van der Waals surface area contributed by atoms with Gasteiger partial charge in [0.15, 0.2) is 0 Å². The fraction of sp³-hybridized carbons (Fsp3) is 0.700. The predicted molar refractivity (Wildman–Crippen MR) is 66.5 cm³/mol. The zero-order valence-corrected chi connectivity index (χ0v) is 10.9. The number of rotatable bonds is 3. The van der Waals surface area contributed by atoms with E-state index >= 15 is 0 Å². The van der Waals surface area contributed by atoms with E-state index < -0.39 is 10.0 Å². The Kier molecular flexibility index (Phi) is 3.39. The summed E-state index contributed by atoms with van der Waals surface area (Å²) in [7, 11) is -3.32. The van der Waals surface area contributed by atoms with Crippen LogP contribution in [0.15, 0.2) is 0 Å². The van der Waals surface area contributed by atoms with E-state index in [2.05, 4.69) is 20.2 Å². The Morgan fingerprint density at radius 1 is 1.41 bits per heavy atom. The van der Waals surface area contributed by atoms with Crippen LogP contribution in [0.1, 0.15) is 24.2 Å². The van der Waals surface area contributed by atoms with Crippen LogP contribution < -0.4 is 10.0 Å². The SMILES string of the molecule is Cc1n[nH]c(C)c1NS(=O)(=O)C1CCCNC1. The maximum Gasteiger partial charge on any atom is 0.236 e. The Morgan fingerprint density at radius 3 is 2.71 bits per heavy atom. The molecule has 2 rings (SSSR count). The first-order chi connectivity index (χ1) is 8.00. The van der Waals surface area contributed by atoms with Crippen molar-refractivity contribution >= 4 is 15.7 Å². The van der Waals surface area contributed by atoms with Gasteiger partial charge in [-0.25, -0.2) is 8.42 Å². The molecule has 0 saturated carbocycles. The van der Waals surface area contributed by atoms with Gasteiger partial charge in [0.05, 0.1) is 22.3 Å². The third kappa shape index (κ3) is 2.61. The van der Waals surface area contributed by atoms with Gasteiger partial charge in [0.2, 0.25) is 10.0 Å². The van der Waals surface area contributed by atoms with Crippen molar-refractivity contribution in [2.75, 3.05) is 17.8 Å².